The molecule has 0 spiro atoms. The number of rotatable bonds is 7. The van der Waals surface area contributed by atoms with Crippen LogP contribution in [-0.4, -0.2) is 0 Å². The number of thiophene rings is 1. The standard InChI is InChI=1S/C54H35NOS/c1-3-12-36(13-4-1)40-16-11-17-41(34-40)37-22-27-43(28-23-37)55(44-29-24-38(25-30-44)42-26-33-51-48(35-42)46-18-7-9-20-50(46)56-51)49-32-31-45(39-14-5-2-6-15-39)53-47-19-8-10-21-52(47)57-54(49)53/h1-35H. The number of hydrogen-bond donors (Lipinski definition) is 0. The summed E-state index contributed by atoms with van der Waals surface area (Å²) in [5.41, 5.74) is 14.8. The van der Waals surface area contributed by atoms with E-state index in [2.05, 4.69) is 205 Å². The van der Waals surface area contributed by atoms with Crippen molar-refractivity contribution in [2.24, 2.45) is 0 Å². The zero-order valence-electron chi connectivity index (χ0n) is 31.0. The molecule has 0 saturated heterocycles. The first-order valence-electron chi connectivity index (χ1n) is 19.3. The summed E-state index contributed by atoms with van der Waals surface area (Å²) in [6.45, 7) is 0. The van der Waals surface area contributed by atoms with E-state index in [1.54, 1.807) is 0 Å². The number of para-hydroxylation sites is 1. The van der Waals surface area contributed by atoms with Gasteiger partial charge in [-0.05, 0) is 105 Å². The van der Waals surface area contributed by atoms with Crippen LogP contribution in [-0.2, 0) is 0 Å². The first-order valence-corrected chi connectivity index (χ1v) is 20.1. The quantitative estimate of drug-likeness (QED) is 0.162. The summed E-state index contributed by atoms with van der Waals surface area (Å²) in [6, 6.07) is 76.4. The second-order valence-corrected chi connectivity index (χ2v) is 15.5. The lowest BCUT2D eigenvalue weighted by molar-refractivity contribution is 0.669. The maximum Gasteiger partial charge on any atom is 0.135 e. The highest BCUT2D eigenvalue weighted by atomic mass is 32.1. The third kappa shape index (κ3) is 5.88. The smallest absolute Gasteiger partial charge is 0.135 e. The SMILES string of the molecule is c1ccc(-c2cccc(-c3ccc(N(c4ccc(-c5ccc6oc7ccccc7c6c5)cc4)c4ccc(-c5ccccc5)c5c4sc4ccccc45)cc3)c2)cc1. The van der Waals surface area contributed by atoms with Crippen LogP contribution in [0.15, 0.2) is 217 Å². The molecule has 11 aromatic rings. The van der Waals surface area contributed by atoms with Gasteiger partial charge in [-0.25, -0.2) is 0 Å². The molecule has 11 rings (SSSR count). The molecule has 0 aliphatic heterocycles. The molecule has 2 aromatic heterocycles. The maximum absolute atomic E-state index is 6.14. The van der Waals surface area contributed by atoms with Crippen LogP contribution in [0, 0.1) is 0 Å². The Labute approximate surface area is 335 Å². The minimum Gasteiger partial charge on any atom is -0.456 e. The Balaban J connectivity index is 1.05. The van der Waals surface area contributed by atoms with Gasteiger partial charge in [0.05, 0.1) is 10.4 Å². The molecule has 0 N–H and O–H groups in total. The van der Waals surface area contributed by atoms with E-state index in [1.807, 2.05) is 23.5 Å². The van der Waals surface area contributed by atoms with Crippen LogP contribution in [0.5, 0.6) is 0 Å². The normalized spacial score (nSPS) is 11.5. The molecule has 0 fully saturated rings. The number of fused-ring (bicyclic) bond motifs is 6. The average molecular weight is 746 g/mol. The van der Waals surface area contributed by atoms with Gasteiger partial charge in [-0.1, -0.05) is 152 Å². The lowest BCUT2D eigenvalue weighted by Crippen LogP contribution is -2.10. The van der Waals surface area contributed by atoms with Gasteiger partial charge in [-0.3, -0.25) is 0 Å². The predicted molar refractivity (Wildman–Crippen MR) is 243 cm³/mol. The summed E-state index contributed by atoms with van der Waals surface area (Å²) in [7, 11) is 0. The average Bonchev–Trinajstić information content (AvgIpc) is 3.87. The lowest BCUT2D eigenvalue weighted by atomic mass is 9.97. The minimum atomic E-state index is 0.907. The van der Waals surface area contributed by atoms with Crippen molar-refractivity contribution < 1.29 is 4.42 Å². The number of furan rings is 1. The fraction of sp³-hybridized carbons (Fsp3) is 0. The summed E-state index contributed by atoms with van der Waals surface area (Å²) in [6.07, 6.45) is 0. The molecule has 2 nitrogen and oxygen atoms in total. The molecule has 268 valence electrons. The van der Waals surface area contributed by atoms with Gasteiger partial charge in [0.15, 0.2) is 0 Å². The van der Waals surface area contributed by atoms with Crippen LogP contribution in [0.3, 0.4) is 0 Å². The molecule has 0 saturated carbocycles. The highest BCUT2D eigenvalue weighted by Crippen LogP contribution is 2.48. The third-order valence-corrected chi connectivity index (χ3v) is 12.3. The molecule has 0 atom stereocenters. The van der Waals surface area contributed by atoms with Gasteiger partial charge in [0, 0.05) is 37.6 Å². The fourth-order valence-corrected chi connectivity index (χ4v) is 9.53. The molecule has 0 amide bonds. The van der Waals surface area contributed by atoms with E-state index in [-0.39, 0.29) is 0 Å². The van der Waals surface area contributed by atoms with Crippen LogP contribution in [0.1, 0.15) is 0 Å². The third-order valence-electron chi connectivity index (χ3n) is 11.1. The Morgan fingerprint density at radius 3 is 1.58 bits per heavy atom. The zero-order chi connectivity index (χ0) is 37.7. The second kappa shape index (κ2) is 13.8. The van der Waals surface area contributed by atoms with E-state index >= 15 is 0 Å². The molecule has 0 unspecified atom stereocenters. The van der Waals surface area contributed by atoms with Crippen molar-refractivity contribution in [3.8, 4) is 44.5 Å². The summed E-state index contributed by atoms with van der Waals surface area (Å²) in [5.74, 6) is 0. The monoisotopic (exact) mass is 745 g/mol. The van der Waals surface area contributed by atoms with Gasteiger partial charge in [0.1, 0.15) is 11.2 Å². The molecule has 9 aromatic carbocycles. The van der Waals surface area contributed by atoms with Crippen LogP contribution >= 0.6 is 11.3 Å². The predicted octanol–water partition coefficient (Wildman–Crippen LogP) is 16.1. The van der Waals surface area contributed by atoms with Gasteiger partial charge < -0.3 is 9.32 Å². The van der Waals surface area contributed by atoms with Gasteiger partial charge in [0.25, 0.3) is 0 Å². The van der Waals surface area contributed by atoms with Crippen molar-refractivity contribution in [2.75, 3.05) is 4.90 Å². The highest BCUT2D eigenvalue weighted by Gasteiger charge is 2.21. The number of nitrogens with zero attached hydrogens (tertiary/aromatic N) is 1. The van der Waals surface area contributed by atoms with Crippen LogP contribution in [0.25, 0.3) is 86.6 Å². The molecular formula is C54H35NOS. The topological polar surface area (TPSA) is 16.4 Å². The maximum atomic E-state index is 6.14. The van der Waals surface area contributed by atoms with E-state index < -0.39 is 0 Å². The van der Waals surface area contributed by atoms with Crippen molar-refractivity contribution in [1.29, 1.82) is 0 Å². The van der Waals surface area contributed by atoms with Gasteiger partial charge in [-0.15, -0.1) is 11.3 Å². The lowest BCUT2D eigenvalue weighted by Gasteiger charge is -2.27. The van der Waals surface area contributed by atoms with Crippen LogP contribution in [0.4, 0.5) is 17.1 Å². The van der Waals surface area contributed by atoms with Gasteiger partial charge in [-0.2, -0.15) is 0 Å². The highest BCUT2D eigenvalue weighted by molar-refractivity contribution is 7.26. The van der Waals surface area contributed by atoms with Crippen LogP contribution < -0.4 is 4.90 Å². The summed E-state index contributed by atoms with van der Waals surface area (Å²) < 4.78 is 8.69. The van der Waals surface area contributed by atoms with Crippen molar-refractivity contribution in [3.05, 3.63) is 212 Å². The summed E-state index contributed by atoms with van der Waals surface area (Å²) >= 11 is 1.87. The van der Waals surface area contributed by atoms with E-state index in [1.165, 1.54) is 53.6 Å². The molecule has 57 heavy (non-hydrogen) atoms. The van der Waals surface area contributed by atoms with Gasteiger partial charge in [0.2, 0.25) is 0 Å². The molecule has 3 heteroatoms. The number of anilines is 3. The van der Waals surface area contributed by atoms with Crippen molar-refractivity contribution >= 4 is 70.5 Å². The molecule has 0 radical (unpaired) electrons. The molecule has 2 heterocycles. The summed E-state index contributed by atoms with van der Waals surface area (Å²) in [5, 5.41) is 4.84. The van der Waals surface area contributed by atoms with Gasteiger partial charge >= 0.3 is 0 Å². The van der Waals surface area contributed by atoms with E-state index in [9.17, 15) is 0 Å². The summed E-state index contributed by atoms with van der Waals surface area (Å²) in [4.78, 5) is 2.42. The minimum absolute atomic E-state index is 0.907. The molecule has 0 aliphatic carbocycles. The molecule has 0 bridgehead atoms. The first kappa shape index (κ1) is 33.2. The van der Waals surface area contributed by atoms with Crippen molar-refractivity contribution in [3.63, 3.8) is 0 Å². The van der Waals surface area contributed by atoms with E-state index in [0.29, 0.717) is 0 Å². The molecular weight excluding hydrogens is 711 g/mol. The largest absolute Gasteiger partial charge is 0.456 e. The second-order valence-electron chi connectivity index (χ2n) is 14.5. The number of benzene rings is 9. The Morgan fingerprint density at radius 1 is 0.351 bits per heavy atom. The van der Waals surface area contributed by atoms with E-state index in [0.717, 1.165) is 50.1 Å². The van der Waals surface area contributed by atoms with Crippen molar-refractivity contribution in [1.82, 2.24) is 0 Å². The molecule has 0 aliphatic rings. The van der Waals surface area contributed by atoms with E-state index in [4.69, 9.17) is 4.42 Å². The Kier molecular flexibility index (Phi) is 8.04. The Bertz CT molecular complexity index is 3210. The van der Waals surface area contributed by atoms with Crippen molar-refractivity contribution in [2.45, 2.75) is 0 Å². The zero-order valence-corrected chi connectivity index (χ0v) is 31.8. The Morgan fingerprint density at radius 2 is 0.877 bits per heavy atom. The number of hydrogen-bond acceptors (Lipinski definition) is 3. The first-order chi connectivity index (χ1) is 28.2. The Hall–Kier alpha value is -7.20. The van der Waals surface area contributed by atoms with Crippen LogP contribution in [0.2, 0.25) is 0 Å². The fourth-order valence-electron chi connectivity index (χ4n) is 8.30.